The number of hydrogen-bond acceptors (Lipinski definition) is 1. The lowest BCUT2D eigenvalue weighted by Crippen LogP contribution is -2.10. The van der Waals surface area contributed by atoms with Gasteiger partial charge in [-0.05, 0) is 24.0 Å². The van der Waals surface area contributed by atoms with Gasteiger partial charge in [0.2, 0.25) is 0 Å². The Labute approximate surface area is 88.4 Å². The van der Waals surface area contributed by atoms with Crippen molar-refractivity contribution in [3.05, 3.63) is 47.0 Å². The third-order valence-corrected chi connectivity index (χ3v) is 2.74. The fourth-order valence-corrected chi connectivity index (χ4v) is 2.11. The molecular weight excluding hydrogens is 196 g/mol. The zero-order valence-electron chi connectivity index (χ0n) is 7.74. The summed E-state index contributed by atoms with van der Waals surface area (Å²) in [5, 5.41) is 0.676. The van der Waals surface area contributed by atoms with Gasteiger partial charge in [0.05, 0.1) is 0 Å². The molecule has 1 unspecified atom stereocenters. The van der Waals surface area contributed by atoms with Crippen molar-refractivity contribution in [2.75, 3.05) is 0 Å². The molecule has 1 aliphatic carbocycles. The first-order chi connectivity index (χ1) is 6.75. The predicted octanol–water partition coefficient (Wildman–Crippen LogP) is 3.26. The van der Waals surface area contributed by atoms with Gasteiger partial charge in [-0.3, -0.25) is 4.79 Å². The van der Waals surface area contributed by atoms with Crippen LogP contribution in [0.1, 0.15) is 24.3 Å². The minimum absolute atomic E-state index is 0.134. The van der Waals surface area contributed by atoms with E-state index >= 15 is 0 Å². The average molecular weight is 207 g/mol. The number of ketones is 1. The fourth-order valence-electron chi connectivity index (χ4n) is 1.80. The maximum atomic E-state index is 11.3. The van der Waals surface area contributed by atoms with Crippen molar-refractivity contribution in [2.45, 2.75) is 18.8 Å². The van der Waals surface area contributed by atoms with Crippen LogP contribution < -0.4 is 0 Å². The molecule has 0 fully saturated rings. The average Bonchev–Trinajstić information content (AvgIpc) is 2.18. The third-order valence-electron chi connectivity index (χ3n) is 2.48. The number of hydrogen-bond donors (Lipinski definition) is 0. The van der Waals surface area contributed by atoms with Crippen LogP contribution in [0.3, 0.4) is 0 Å². The van der Waals surface area contributed by atoms with Crippen molar-refractivity contribution in [1.29, 1.82) is 0 Å². The van der Waals surface area contributed by atoms with Gasteiger partial charge in [-0.15, -0.1) is 0 Å². The summed E-state index contributed by atoms with van der Waals surface area (Å²) in [6.07, 6.45) is 2.92. The smallest absolute Gasteiger partial charge is 0.157 e. The van der Waals surface area contributed by atoms with Crippen LogP contribution in [0.5, 0.6) is 0 Å². The minimum atomic E-state index is 0.134. The van der Waals surface area contributed by atoms with Gasteiger partial charge >= 0.3 is 0 Å². The van der Waals surface area contributed by atoms with Crippen LogP contribution in [0.4, 0.5) is 0 Å². The third kappa shape index (κ3) is 2.05. The van der Waals surface area contributed by atoms with Crippen LogP contribution in [-0.4, -0.2) is 5.78 Å². The summed E-state index contributed by atoms with van der Waals surface area (Å²) in [5.74, 6) is 0.399. The van der Waals surface area contributed by atoms with E-state index in [1.54, 1.807) is 6.08 Å². The van der Waals surface area contributed by atoms with Crippen LogP contribution >= 0.6 is 11.6 Å². The van der Waals surface area contributed by atoms with Crippen LogP contribution in [-0.2, 0) is 4.79 Å². The largest absolute Gasteiger partial charge is 0.295 e. The molecule has 0 amide bonds. The molecule has 0 bridgehead atoms. The number of allylic oxidation sites excluding steroid dienone is 2. The van der Waals surface area contributed by atoms with E-state index in [0.29, 0.717) is 11.5 Å². The van der Waals surface area contributed by atoms with Crippen LogP contribution in [0.2, 0.25) is 0 Å². The molecule has 1 atom stereocenters. The van der Waals surface area contributed by atoms with E-state index in [-0.39, 0.29) is 11.7 Å². The summed E-state index contributed by atoms with van der Waals surface area (Å²) >= 11 is 5.90. The highest BCUT2D eigenvalue weighted by molar-refractivity contribution is 6.31. The molecule has 0 spiro atoms. The lowest BCUT2D eigenvalue weighted by molar-refractivity contribution is -0.115. The molecule has 1 aromatic rings. The number of halogens is 1. The zero-order chi connectivity index (χ0) is 9.97. The molecule has 14 heavy (non-hydrogen) atoms. The van der Waals surface area contributed by atoms with Crippen molar-refractivity contribution in [3.8, 4) is 0 Å². The molecule has 0 N–H and O–H groups in total. The van der Waals surface area contributed by atoms with E-state index in [1.165, 1.54) is 5.56 Å². The Morgan fingerprint density at radius 3 is 2.50 bits per heavy atom. The topological polar surface area (TPSA) is 17.1 Å². The summed E-state index contributed by atoms with van der Waals surface area (Å²) in [5.41, 5.74) is 1.20. The fraction of sp³-hybridized carbons (Fsp3) is 0.250. The van der Waals surface area contributed by atoms with E-state index in [9.17, 15) is 4.79 Å². The van der Waals surface area contributed by atoms with Gasteiger partial charge in [-0.25, -0.2) is 0 Å². The SMILES string of the molecule is O=C1C=C(Cl)CC(c2ccccc2)C1. The lowest BCUT2D eigenvalue weighted by atomic mass is 9.87. The van der Waals surface area contributed by atoms with Crippen LogP contribution in [0.25, 0.3) is 0 Å². The first-order valence-corrected chi connectivity index (χ1v) is 5.07. The molecule has 0 aromatic heterocycles. The second kappa shape index (κ2) is 3.97. The summed E-state index contributed by atoms with van der Waals surface area (Å²) in [7, 11) is 0. The molecule has 1 aliphatic rings. The highest BCUT2D eigenvalue weighted by atomic mass is 35.5. The maximum absolute atomic E-state index is 11.3. The minimum Gasteiger partial charge on any atom is -0.295 e. The Balaban J connectivity index is 2.22. The second-order valence-electron chi connectivity index (χ2n) is 3.57. The van der Waals surface area contributed by atoms with Gasteiger partial charge in [-0.1, -0.05) is 41.9 Å². The molecule has 0 aliphatic heterocycles. The van der Waals surface area contributed by atoms with Crippen molar-refractivity contribution < 1.29 is 4.79 Å². The maximum Gasteiger partial charge on any atom is 0.157 e. The number of carbonyl (C=O) groups excluding carboxylic acids is 1. The van der Waals surface area contributed by atoms with Crippen LogP contribution in [0.15, 0.2) is 41.4 Å². The Bertz CT molecular complexity index is 367. The van der Waals surface area contributed by atoms with Crippen molar-refractivity contribution >= 4 is 17.4 Å². The van der Waals surface area contributed by atoms with Gasteiger partial charge in [0, 0.05) is 11.5 Å². The van der Waals surface area contributed by atoms with Gasteiger partial charge in [0.1, 0.15) is 0 Å². The second-order valence-corrected chi connectivity index (χ2v) is 4.06. The molecule has 2 heteroatoms. The standard InChI is InChI=1S/C12H11ClO/c13-11-6-10(7-12(14)8-11)9-4-2-1-3-5-9/h1-5,8,10H,6-7H2. The molecule has 0 saturated carbocycles. The van der Waals surface area contributed by atoms with Gasteiger partial charge in [0.15, 0.2) is 5.78 Å². The van der Waals surface area contributed by atoms with E-state index in [2.05, 4.69) is 0 Å². The highest BCUT2D eigenvalue weighted by Gasteiger charge is 2.20. The number of carbonyl (C=O) groups is 1. The molecule has 72 valence electrons. The van der Waals surface area contributed by atoms with E-state index in [1.807, 2.05) is 30.3 Å². The number of rotatable bonds is 1. The van der Waals surface area contributed by atoms with E-state index in [0.717, 1.165) is 6.42 Å². The Morgan fingerprint density at radius 2 is 1.86 bits per heavy atom. The van der Waals surface area contributed by atoms with Crippen molar-refractivity contribution in [2.24, 2.45) is 0 Å². The zero-order valence-corrected chi connectivity index (χ0v) is 8.50. The Hall–Kier alpha value is -1.08. The lowest BCUT2D eigenvalue weighted by Gasteiger charge is -2.19. The van der Waals surface area contributed by atoms with E-state index < -0.39 is 0 Å². The Morgan fingerprint density at radius 1 is 1.14 bits per heavy atom. The number of benzene rings is 1. The molecule has 0 heterocycles. The summed E-state index contributed by atoms with van der Waals surface area (Å²) in [6.45, 7) is 0. The molecule has 2 rings (SSSR count). The molecule has 0 saturated heterocycles. The van der Waals surface area contributed by atoms with Crippen LogP contribution in [0, 0.1) is 0 Å². The summed E-state index contributed by atoms with van der Waals surface area (Å²) in [4.78, 5) is 11.3. The summed E-state index contributed by atoms with van der Waals surface area (Å²) in [6, 6.07) is 10.1. The quantitative estimate of drug-likeness (QED) is 0.690. The summed E-state index contributed by atoms with van der Waals surface area (Å²) < 4.78 is 0. The van der Waals surface area contributed by atoms with Gasteiger partial charge in [-0.2, -0.15) is 0 Å². The molecule has 1 aromatic carbocycles. The monoisotopic (exact) mass is 206 g/mol. The normalized spacial score (nSPS) is 21.9. The molecule has 1 nitrogen and oxygen atoms in total. The van der Waals surface area contributed by atoms with Crippen molar-refractivity contribution in [3.63, 3.8) is 0 Å². The first-order valence-electron chi connectivity index (χ1n) is 4.69. The first kappa shape index (κ1) is 9.47. The predicted molar refractivity (Wildman–Crippen MR) is 57.4 cm³/mol. The van der Waals surface area contributed by atoms with Gasteiger partial charge < -0.3 is 0 Å². The molecule has 0 radical (unpaired) electrons. The highest BCUT2D eigenvalue weighted by Crippen LogP contribution is 2.32. The van der Waals surface area contributed by atoms with Gasteiger partial charge in [0.25, 0.3) is 0 Å². The Kier molecular flexibility index (Phi) is 2.69. The van der Waals surface area contributed by atoms with E-state index in [4.69, 9.17) is 11.6 Å². The van der Waals surface area contributed by atoms with Crippen molar-refractivity contribution in [1.82, 2.24) is 0 Å². The molecular formula is C12H11ClO.